The van der Waals surface area contributed by atoms with Crippen molar-refractivity contribution >= 4 is 44.7 Å². The molecule has 1 aromatic heterocycles. The Kier molecular flexibility index (Phi) is 9.40. The number of alkyl carbamates (subject to hydrolysis) is 1. The number of hydrogen-bond acceptors (Lipinski definition) is 8. The van der Waals surface area contributed by atoms with Gasteiger partial charge < -0.3 is 31.3 Å². The highest BCUT2D eigenvalue weighted by atomic mass is 32.2. The quantitative estimate of drug-likeness (QED) is 0.0768. The molecule has 0 spiro atoms. The Labute approximate surface area is 217 Å². The number of nitrogens with two attached hydrogens (primary N) is 2. The molecule has 0 saturated carbocycles. The molecule has 0 fully saturated rings. The van der Waals surface area contributed by atoms with Crippen LogP contribution < -0.4 is 27.7 Å². The summed E-state index contributed by atoms with van der Waals surface area (Å²) in [5.41, 5.74) is 10.8. The summed E-state index contributed by atoms with van der Waals surface area (Å²) in [6, 6.07) is 13.1. The first-order valence-electron chi connectivity index (χ1n) is 11.4. The van der Waals surface area contributed by atoms with Gasteiger partial charge in [0.05, 0.1) is 0 Å². The van der Waals surface area contributed by atoms with Crippen molar-refractivity contribution < 1.29 is 31.7 Å². The largest absolute Gasteiger partial charge is 0.445 e. The number of carbonyl (C=O) groups excluding carboxylic acids is 2. The summed E-state index contributed by atoms with van der Waals surface area (Å²) in [6.07, 6.45) is -0.277. The molecular weight excluding hydrogens is 518 g/mol. The zero-order chi connectivity index (χ0) is 27.7. The molecule has 7 N–H and O–H groups in total. The third-order valence-corrected chi connectivity index (χ3v) is 5.88. The Hall–Kier alpha value is -4.43. The first-order chi connectivity index (χ1) is 18.0. The smallest absolute Gasteiger partial charge is 0.408 e. The minimum absolute atomic E-state index is 0.00458. The van der Waals surface area contributed by atoms with Crippen molar-refractivity contribution in [1.29, 1.82) is 0 Å². The lowest BCUT2D eigenvalue weighted by molar-refractivity contribution is -0.118. The van der Waals surface area contributed by atoms with Gasteiger partial charge in [0.25, 0.3) is 10.1 Å². The number of hydrogen-bond donors (Lipinski definition) is 5. The second-order valence-electron chi connectivity index (χ2n) is 8.22. The van der Waals surface area contributed by atoms with E-state index in [1.165, 1.54) is 18.2 Å². The van der Waals surface area contributed by atoms with E-state index in [0.29, 0.717) is 6.42 Å². The van der Waals surface area contributed by atoms with E-state index in [0.717, 1.165) is 11.6 Å². The van der Waals surface area contributed by atoms with Gasteiger partial charge in [0, 0.05) is 29.8 Å². The van der Waals surface area contributed by atoms with Crippen LogP contribution in [0.15, 0.2) is 68.8 Å². The second kappa shape index (κ2) is 12.7. The lowest BCUT2D eigenvalue weighted by atomic mass is 10.1. The Morgan fingerprint density at radius 1 is 1.11 bits per heavy atom. The van der Waals surface area contributed by atoms with Gasteiger partial charge in [-0.05, 0) is 36.1 Å². The molecule has 3 aromatic rings. The fourth-order valence-corrected chi connectivity index (χ4v) is 4.16. The summed E-state index contributed by atoms with van der Waals surface area (Å²) in [5, 5.41) is 5.41. The number of nitrogens with one attached hydrogen (secondary N) is 2. The summed E-state index contributed by atoms with van der Waals surface area (Å²) in [7, 11) is -4.40. The van der Waals surface area contributed by atoms with E-state index in [1.807, 2.05) is 6.07 Å². The van der Waals surface area contributed by atoms with Crippen molar-refractivity contribution in [3.63, 3.8) is 0 Å². The van der Waals surface area contributed by atoms with Gasteiger partial charge in [-0.25, -0.2) is 9.59 Å². The first kappa shape index (κ1) is 28.1. The van der Waals surface area contributed by atoms with Crippen molar-refractivity contribution in [3.8, 4) is 0 Å². The van der Waals surface area contributed by atoms with Gasteiger partial charge in [-0.2, -0.15) is 8.42 Å². The molecule has 0 radical (unpaired) electrons. The highest BCUT2D eigenvalue weighted by Gasteiger charge is 2.22. The zero-order valence-electron chi connectivity index (χ0n) is 20.1. The number of nitrogens with zero attached hydrogens (tertiary/aromatic N) is 1. The number of anilines is 1. The molecule has 0 saturated heterocycles. The van der Waals surface area contributed by atoms with Crippen molar-refractivity contribution in [2.24, 2.45) is 16.5 Å². The van der Waals surface area contributed by atoms with Crippen LogP contribution in [0.1, 0.15) is 24.0 Å². The van der Waals surface area contributed by atoms with E-state index >= 15 is 0 Å². The number of carbonyl (C=O) groups is 2. The number of amides is 2. The molecule has 13 nitrogen and oxygen atoms in total. The molecule has 3 rings (SSSR count). The molecule has 0 aliphatic heterocycles. The molecule has 0 aliphatic rings. The summed E-state index contributed by atoms with van der Waals surface area (Å²) < 4.78 is 42.1. The van der Waals surface area contributed by atoms with Crippen molar-refractivity contribution in [1.82, 2.24) is 5.32 Å². The van der Waals surface area contributed by atoms with Crippen molar-refractivity contribution in [2.75, 3.05) is 11.9 Å². The van der Waals surface area contributed by atoms with Crippen LogP contribution in [0.3, 0.4) is 0 Å². The third-order valence-electron chi connectivity index (χ3n) is 5.20. The maximum Gasteiger partial charge on any atom is 0.408 e. The van der Waals surface area contributed by atoms with Gasteiger partial charge in [-0.15, -0.1) is 0 Å². The maximum absolute atomic E-state index is 13.0. The number of aliphatic imine (C=N–C) groups is 1. The predicted octanol–water partition coefficient (Wildman–Crippen LogP) is 1.47. The molecule has 1 heterocycles. The molecule has 1 atom stereocenters. The van der Waals surface area contributed by atoms with Gasteiger partial charge in [0.2, 0.25) is 5.91 Å². The highest BCUT2D eigenvalue weighted by molar-refractivity contribution is 7.85. The lowest BCUT2D eigenvalue weighted by Gasteiger charge is -2.18. The van der Waals surface area contributed by atoms with Crippen LogP contribution in [0, 0.1) is 0 Å². The Morgan fingerprint density at radius 3 is 2.53 bits per heavy atom. The van der Waals surface area contributed by atoms with Gasteiger partial charge in [0.1, 0.15) is 24.0 Å². The third kappa shape index (κ3) is 8.90. The van der Waals surface area contributed by atoms with E-state index < -0.39 is 39.5 Å². The normalized spacial score (nSPS) is 11.9. The second-order valence-corrected chi connectivity index (χ2v) is 9.68. The fourth-order valence-electron chi connectivity index (χ4n) is 3.53. The van der Waals surface area contributed by atoms with E-state index in [2.05, 4.69) is 15.6 Å². The first-order valence-corrected chi connectivity index (χ1v) is 13.0. The number of benzene rings is 2. The number of guanidine groups is 1. The van der Waals surface area contributed by atoms with Crippen LogP contribution >= 0.6 is 0 Å². The van der Waals surface area contributed by atoms with Crippen molar-refractivity contribution in [2.45, 2.75) is 31.2 Å². The van der Waals surface area contributed by atoms with Crippen LogP contribution in [0.5, 0.6) is 0 Å². The average Bonchev–Trinajstić information content (AvgIpc) is 2.83. The summed E-state index contributed by atoms with van der Waals surface area (Å²) >= 11 is 0. The van der Waals surface area contributed by atoms with Crippen LogP contribution in [0.25, 0.3) is 11.0 Å². The van der Waals surface area contributed by atoms with Crippen LogP contribution in [-0.4, -0.2) is 43.5 Å². The Bertz CT molecular complexity index is 1480. The van der Waals surface area contributed by atoms with E-state index in [4.69, 9.17) is 25.2 Å². The lowest BCUT2D eigenvalue weighted by Crippen LogP contribution is -2.44. The fraction of sp³-hybridized carbons (Fsp3) is 0.250. The summed E-state index contributed by atoms with van der Waals surface area (Å²) in [6.45, 7) is 0.231. The van der Waals surface area contributed by atoms with Gasteiger partial charge >= 0.3 is 11.7 Å². The number of ether oxygens (including phenoxy) is 1. The molecule has 2 amide bonds. The highest BCUT2D eigenvalue weighted by Crippen LogP contribution is 2.23. The molecule has 2 aromatic carbocycles. The standard InChI is InChI=1S/C24H27N5O8S/c25-23(26)27-10-4-7-19(29-24(32)36-13-15-5-2-1-3-6-15)22(31)28-17-8-9-18-16(14-38(33,34)35)11-21(30)37-20(18)12-17/h1-3,5-6,8-9,11-12,19H,4,7,10,13-14H2,(H,28,31)(H,29,32)(H4,25,26,27)(H,33,34,35)/t19-/m0/s1. The van der Waals surface area contributed by atoms with E-state index in [9.17, 15) is 22.8 Å². The van der Waals surface area contributed by atoms with Crippen LogP contribution in [0.2, 0.25) is 0 Å². The molecule has 14 heteroatoms. The minimum atomic E-state index is -4.40. The average molecular weight is 546 g/mol. The van der Waals surface area contributed by atoms with Gasteiger partial charge in [0.15, 0.2) is 5.96 Å². The monoisotopic (exact) mass is 545 g/mol. The SMILES string of the molecule is NC(N)=NCCC[C@H](NC(=O)OCc1ccccc1)C(=O)Nc1ccc2c(CS(=O)(=O)O)cc(=O)oc2c1. The number of fused-ring (bicyclic) bond motifs is 1. The van der Waals surface area contributed by atoms with Gasteiger partial charge in [-0.1, -0.05) is 30.3 Å². The zero-order valence-corrected chi connectivity index (χ0v) is 20.9. The topological polar surface area (TPSA) is 216 Å². The molecule has 0 bridgehead atoms. The molecule has 0 aliphatic carbocycles. The summed E-state index contributed by atoms with van der Waals surface area (Å²) in [5.74, 6) is -1.48. The van der Waals surface area contributed by atoms with Crippen LogP contribution in [-0.2, 0) is 32.0 Å². The molecule has 0 unspecified atom stereocenters. The molecule has 202 valence electrons. The molecular formula is C24H27N5O8S. The van der Waals surface area contributed by atoms with Crippen LogP contribution in [0.4, 0.5) is 10.5 Å². The Morgan fingerprint density at radius 2 is 1.84 bits per heavy atom. The molecule has 38 heavy (non-hydrogen) atoms. The maximum atomic E-state index is 13.0. The Balaban J connectivity index is 1.75. The van der Waals surface area contributed by atoms with Crippen molar-refractivity contribution in [3.05, 3.63) is 76.1 Å². The summed E-state index contributed by atoms with van der Waals surface area (Å²) in [4.78, 5) is 41.2. The van der Waals surface area contributed by atoms with Gasteiger partial charge in [-0.3, -0.25) is 14.3 Å². The number of rotatable bonds is 11. The van der Waals surface area contributed by atoms with E-state index in [-0.39, 0.29) is 47.8 Å². The van der Waals surface area contributed by atoms with E-state index in [1.54, 1.807) is 24.3 Å². The predicted molar refractivity (Wildman–Crippen MR) is 140 cm³/mol. The minimum Gasteiger partial charge on any atom is -0.445 e.